The van der Waals surface area contributed by atoms with E-state index in [1.54, 1.807) is 0 Å². The largest absolute Gasteiger partial charge is 0.341 e. The van der Waals surface area contributed by atoms with Gasteiger partial charge in [0.15, 0.2) is 0 Å². The van der Waals surface area contributed by atoms with E-state index >= 15 is 0 Å². The molecule has 1 saturated carbocycles. The van der Waals surface area contributed by atoms with Crippen molar-refractivity contribution in [3.63, 3.8) is 0 Å². The summed E-state index contributed by atoms with van der Waals surface area (Å²) in [6, 6.07) is 2.21. The van der Waals surface area contributed by atoms with Crippen molar-refractivity contribution in [2.24, 2.45) is 5.92 Å². The molecule has 4 rings (SSSR count). The Morgan fingerprint density at radius 1 is 0.870 bits per heavy atom. The van der Waals surface area contributed by atoms with Crippen LogP contribution in [0.3, 0.4) is 0 Å². The normalized spacial score (nSPS) is 36.3. The molecular weight excluding hydrogens is 286 g/mol. The average Bonchev–Trinajstić information content (AvgIpc) is 3.11. The Balaban J connectivity index is 1.27. The first kappa shape index (κ1) is 15.9. The maximum absolute atomic E-state index is 12.8. The van der Waals surface area contributed by atoms with Crippen molar-refractivity contribution in [2.75, 3.05) is 26.2 Å². The summed E-state index contributed by atoms with van der Waals surface area (Å²) in [6.07, 6.45) is 12.7. The molecule has 3 heterocycles. The summed E-state index contributed by atoms with van der Waals surface area (Å²) in [5.41, 5.74) is 0. The molecule has 23 heavy (non-hydrogen) atoms. The molecule has 3 saturated heterocycles. The summed E-state index contributed by atoms with van der Waals surface area (Å²) in [7, 11) is 0. The van der Waals surface area contributed by atoms with Gasteiger partial charge in [0, 0.05) is 50.7 Å². The Kier molecular flexibility index (Phi) is 4.91. The van der Waals surface area contributed by atoms with Gasteiger partial charge in [-0.05, 0) is 50.9 Å². The molecule has 4 heteroatoms. The number of piperidine rings is 1. The van der Waals surface area contributed by atoms with Crippen LogP contribution in [-0.2, 0) is 4.79 Å². The molecule has 4 fully saturated rings. The van der Waals surface area contributed by atoms with Crippen molar-refractivity contribution in [1.29, 1.82) is 0 Å². The van der Waals surface area contributed by atoms with Crippen molar-refractivity contribution in [3.8, 4) is 0 Å². The number of carbonyl (C=O) groups is 1. The number of nitrogens with one attached hydrogen (secondary N) is 1. The fourth-order valence-corrected chi connectivity index (χ4v) is 5.54. The van der Waals surface area contributed by atoms with Gasteiger partial charge in [0.05, 0.1) is 0 Å². The van der Waals surface area contributed by atoms with Crippen LogP contribution in [0.1, 0.15) is 64.2 Å². The Morgan fingerprint density at radius 2 is 1.61 bits per heavy atom. The van der Waals surface area contributed by atoms with Crippen LogP contribution in [0.5, 0.6) is 0 Å². The van der Waals surface area contributed by atoms with Gasteiger partial charge in [-0.15, -0.1) is 0 Å². The highest BCUT2D eigenvalue weighted by molar-refractivity contribution is 5.76. The van der Waals surface area contributed by atoms with Gasteiger partial charge >= 0.3 is 0 Å². The lowest BCUT2D eigenvalue weighted by atomic mass is 9.89. The summed E-state index contributed by atoms with van der Waals surface area (Å²) < 4.78 is 0. The quantitative estimate of drug-likeness (QED) is 0.867. The monoisotopic (exact) mass is 319 g/mol. The lowest BCUT2D eigenvalue weighted by Gasteiger charge is -2.31. The molecule has 2 atom stereocenters. The first-order valence-corrected chi connectivity index (χ1v) is 10.1. The number of rotatable bonds is 3. The zero-order chi connectivity index (χ0) is 15.6. The molecule has 0 aromatic rings. The number of hydrogen-bond acceptors (Lipinski definition) is 3. The minimum absolute atomic E-state index is 0.435. The van der Waals surface area contributed by atoms with Crippen molar-refractivity contribution in [2.45, 2.75) is 82.3 Å². The van der Waals surface area contributed by atoms with Gasteiger partial charge in [-0.1, -0.05) is 12.8 Å². The van der Waals surface area contributed by atoms with Gasteiger partial charge in [0.25, 0.3) is 0 Å². The van der Waals surface area contributed by atoms with E-state index in [2.05, 4.69) is 15.1 Å². The van der Waals surface area contributed by atoms with E-state index in [1.807, 2.05) is 0 Å². The number of nitrogens with zero attached hydrogens (tertiary/aromatic N) is 2. The molecule has 1 aliphatic carbocycles. The second kappa shape index (κ2) is 7.10. The van der Waals surface area contributed by atoms with Crippen LogP contribution in [0, 0.1) is 5.92 Å². The van der Waals surface area contributed by atoms with Crippen molar-refractivity contribution in [3.05, 3.63) is 0 Å². The van der Waals surface area contributed by atoms with Crippen LogP contribution in [0.2, 0.25) is 0 Å². The molecular formula is C19H33N3O. The summed E-state index contributed by atoms with van der Waals surface area (Å²) >= 11 is 0. The van der Waals surface area contributed by atoms with Crippen LogP contribution < -0.4 is 5.32 Å². The van der Waals surface area contributed by atoms with Gasteiger partial charge in [0.1, 0.15) is 0 Å². The molecule has 1 amide bonds. The summed E-state index contributed by atoms with van der Waals surface area (Å²) in [6.45, 7) is 4.26. The fraction of sp³-hybridized carbons (Fsp3) is 0.947. The Morgan fingerprint density at radius 3 is 2.35 bits per heavy atom. The highest BCUT2D eigenvalue weighted by atomic mass is 16.2. The molecule has 2 bridgehead atoms. The summed E-state index contributed by atoms with van der Waals surface area (Å²) in [5.74, 6) is 1.07. The van der Waals surface area contributed by atoms with Crippen LogP contribution in [0.15, 0.2) is 0 Å². The lowest BCUT2D eigenvalue weighted by Crippen LogP contribution is -2.41. The average molecular weight is 319 g/mol. The first-order chi connectivity index (χ1) is 11.3. The highest BCUT2D eigenvalue weighted by Crippen LogP contribution is 2.33. The Labute approximate surface area is 141 Å². The van der Waals surface area contributed by atoms with Crippen LogP contribution in [0.4, 0.5) is 0 Å². The zero-order valence-corrected chi connectivity index (χ0v) is 14.5. The molecule has 0 aromatic heterocycles. The third-order valence-corrected chi connectivity index (χ3v) is 6.76. The molecule has 1 N–H and O–H groups in total. The minimum Gasteiger partial charge on any atom is -0.341 e. The Bertz CT molecular complexity index is 409. The van der Waals surface area contributed by atoms with Gasteiger partial charge in [-0.3, -0.25) is 9.69 Å². The first-order valence-electron chi connectivity index (χ1n) is 10.1. The van der Waals surface area contributed by atoms with Gasteiger partial charge in [-0.25, -0.2) is 0 Å². The number of hydrogen-bond donors (Lipinski definition) is 1. The fourth-order valence-electron chi connectivity index (χ4n) is 5.54. The maximum atomic E-state index is 12.8. The molecule has 0 radical (unpaired) electrons. The van der Waals surface area contributed by atoms with E-state index in [9.17, 15) is 4.79 Å². The second-order valence-electron chi connectivity index (χ2n) is 8.39. The van der Waals surface area contributed by atoms with E-state index in [1.165, 1.54) is 64.3 Å². The van der Waals surface area contributed by atoms with E-state index in [-0.39, 0.29) is 0 Å². The van der Waals surface area contributed by atoms with Crippen LogP contribution >= 0.6 is 0 Å². The predicted molar refractivity (Wildman–Crippen MR) is 92.3 cm³/mol. The van der Waals surface area contributed by atoms with Gasteiger partial charge < -0.3 is 10.2 Å². The van der Waals surface area contributed by atoms with E-state index in [4.69, 9.17) is 0 Å². The zero-order valence-electron chi connectivity index (χ0n) is 14.5. The van der Waals surface area contributed by atoms with Gasteiger partial charge in [-0.2, -0.15) is 0 Å². The molecule has 3 aliphatic heterocycles. The van der Waals surface area contributed by atoms with Crippen LogP contribution in [-0.4, -0.2) is 60.0 Å². The second-order valence-corrected chi connectivity index (χ2v) is 8.39. The topological polar surface area (TPSA) is 35.6 Å². The predicted octanol–water partition coefficient (Wildman–Crippen LogP) is 2.38. The highest BCUT2D eigenvalue weighted by Gasteiger charge is 2.35. The van der Waals surface area contributed by atoms with Crippen molar-refractivity contribution in [1.82, 2.24) is 15.1 Å². The van der Waals surface area contributed by atoms with E-state index < -0.39 is 0 Å². The number of fused-ring (bicyclic) bond motifs is 2. The van der Waals surface area contributed by atoms with E-state index in [0.29, 0.717) is 23.9 Å². The van der Waals surface area contributed by atoms with E-state index in [0.717, 1.165) is 32.1 Å². The SMILES string of the molecule is O=C(CC1CC2CCC(C1)N2)N1CCCN(C2CCCC2)CC1. The summed E-state index contributed by atoms with van der Waals surface area (Å²) in [5, 5.41) is 3.69. The standard InChI is InChI=1S/C19H33N3O/c23-19(14-15-12-16-6-7-17(13-15)20-16)22-9-3-8-21(10-11-22)18-4-1-2-5-18/h15-18,20H,1-14H2. The molecule has 0 spiro atoms. The molecule has 0 aromatic carbocycles. The smallest absolute Gasteiger partial charge is 0.222 e. The molecule has 4 nitrogen and oxygen atoms in total. The van der Waals surface area contributed by atoms with Crippen molar-refractivity contribution >= 4 is 5.91 Å². The Hall–Kier alpha value is -0.610. The molecule has 130 valence electrons. The third-order valence-electron chi connectivity index (χ3n) is 6.76. The number of amides is 1. The molecule has 2 unspecified atom stereocenters. The van der Waals surface area contributed by atoms with Crippen LogP contribution in [0.25, 0.3) is 0 Å². The van der Waals surface area contributed by atoms with Crippen molar-refractivity contribution < 1.29 is 4.79 Å². The summed E-state index contributed by atoms with van der Waals surface area (Å²) in [4.78, 5) is 17.6. The lowest BCUT2D eigenvalue weighted by molar-refractivity contribution is -0.132. The minimum atomic E-state index is 0.435. The molecule has 4 aliphatic rings. The maximum Gasteiger partial charge on any atom is 0.222 e. The third kappa shape index (κ3) is 3.74. The number of carbonyl (C=O) groups excluding carboxylic acids is 1. The van der Waals surface area contributed by atoms with Gasteiger partial charge in [0.2, 0.25) is 5.91 Å².